The van der Waals surface area contributed by atoms with E-state index in [9.17, 15) is 4.39 Å². The zero-order chi connectivity index (χ0) is 12.1. The number of aliphatic hydroxyl groups is 3. The lowest BCUT2D eigenvalue weighted by Gasteiger charge is -2.17. The fourth-order valence-corrected chi connectivity index (χ4v) is 1.17. The Balaban J connectivity index is 0.000000336. The number of ether oxygens (including phenoxy) is 1. The molecule has 1 aliphatic rings. The average molecular weight is 224 g/mol. The fourth-order valence-electron chi connectivity index (χ4n) is 1.17. The van der Waals surface area contributed by atoms with Crippen molar-refractivity contribution in [1.82, 2.24) is 0 Å². The standard InChI is InChI=1S/C7H13FO2.C3H8O2/c1-2-6(9)7-5(8)3-4-10-7;1-3(2,4)5/h5-7,9H,2-4H2,1H3;4-5H,1-2H3. The van der Waals surface area contributed by atoms with Crippen molar-refractivity contribution in [2.45, 2.75) is 57.8 Å². The van der Waals surface area contributed by atoms with Crippen molar-refractivity contribution in [3.05, 3.63) is 0 Å². The van der Waals surface area contributed by atoms with Crippen LogP contribution in [0.1, 0.15) is 33.6 Å². The highest BCUT2D eigenvalue weighted by Gasteiger charge is 2.32. The van der Waals surface area contributed by atoms with Gasteiger partial charge in [-0.2, -0.15) is 0 Å². The summed E-state index contributed by atoms with van der Waals surface area (Å²) in [4.78, 5) is 0. The third kappa shape index (κ3) is 7.67. The van der Waals surface area contributed by atoms with E-state index < -0.39 is 24.2 Å². The van der Waals surface area contributed by atoms with Gasteiger partial charge in [-0.15, -0.1) is 0 Å². The van der Waals surface area contributed by atoms with Crippen LogP contribution in [0.2, 0.25) is 0 Å². The van der Waals surface area contributed by atoms with Gasteiger partial charge in [-0.05, 0) is 20.3 Å². The quantitative estimate of drug-likeness (QED) is 0.600. The second kappa shape index (κ2) is 6.37. The minimum Gasteiger partial charge on any atom is -0.390 e. The maximum atomic E-state index is 12.7. The van der Waals surface area contributed by atoms with E-state index in [0.29, 0.717) is 19.4 Å². The average Bonchev–Trinajstić information content (AvgIpc) is 2.47. The molecule has 3 N–H and O–H groups in total. The van der Waals surface area contributed by atoms with Crippen LogP contribution in [0.25, 0.3) is 0 Å². The molecule has 0 amide bonds. The van der Waals surface area contributed by atoms with Crippen molar-refractivity contribution < 1.29 is 24.4 Å². The highest BCUT2D eigenvalue weighted by molar-refractivity contribution is 4.81. The Bertz CT molecular complexity index is 163. The van der Waals surface area contributed by atoms with Crippen molar-refractivity contribution in [1.29, 1.82) is 0 Å². The van der Waals surface area contributed by atoms with Crippen LogP contribution in [-0.4, -0.2) is 46.1 Å². The molecule has 1 fully saturated rings. The Kier molecular flexibility index (Phi) is 6.28. The van der Waals surface area contributed by atoms with Gasteiger partial charge >= 0.3 is 0 Å². The summed E-state index contributed by atoms with van der Waals surface area (Å²) in [5, 5.41) is 25.3. The highest BCUT2D eigenvalue weighted by Crippen LogP contribution is 2.20. The molecule has 3 unspecified atom stereocenters. The molecule has 1 rings (SSSR count). The van der Waals surface area contributed by atoms with Crippen molar-refractivity contribution in [2.24, 2.45) is 0 Å². The Morgan fingerprint density at radius 3 is 2.20 bits per heavy atom. The van der Waals surface area contributed by atoms with Crippen LogP contribution < -0.4 is 0 Å². The van der Waals surface area contributed by atoms with E-state index in [1.807, 2.05) is 6.92 Å². The molecule has 0 spiro atoms. The van der Waals surface area contributed by atoms with Gasteiger partial charge in [0.25, 0.3) is 0 Å². The van der Waals surface area contributed by atoms with Crippen molar-refractivity contribution in [3.63, 3.8) is 0 Å². The third-order valence-corrected chi connectivity index (χ3v) is 1.86. The number of rotatable bonds is 2. The van der Waals surface area contributed by atoms with Crippen molar-refractivity contribution >= 4 is 0 Å². The van der Waals surface area contributed by atoms with Gasteiger partial charge in [0.05, 0.1) is 12.7 Å². The predicted octanol–water partition coefficient (Wildman–Crippen LogP) is 0.591. The van der Waals surface area contributed by atoms with Gasteiger partial charge in [-0.1, -0.05) is 6.92 Å². The molecule has 0 aromatic carbocycles. The molecule has 1 heterocycles. The van der Waals surface area contributed by atoms with Gasteiger partial charge in [0.1, 0.15) is 12.3 Å². The Morgan fingerprint density at radius 2 is 1.93 bits per heavy atom. The molecule has 15 heavy (non-hydrogen) atoms. The normalized spacial score (nSPS) is 28.2. The first-order valence-electron chi connectivity index (χ1n) is 5.14. The van der Waals surface area contributed by atoms with Gasteiger partial charge in [-0.3, -0.25) is 0 Å². The first kappa shape index (κ1) is 14.8. The second-order valence-electron chi connectivity index (χ2n) is 4.11. The van der Waals surface area contributed by atoms with E-state index >= 15 is 0 Å². The van der Waals surface area contributed by atoms with Crippen LogP contribution in [0.5, 0.6) is 0 Å². The third-order valence-electron chi connectivity index (χ3n) is 1.86. The summed E-state index contributed by atoms with van der Waals surface area (Å²) < 4.78 is 17.7. The SMILES string of the molecule is CC(C)(O)O.CCC(O)C1OCCC1F. The first-order chi connectivity index (χ1) is 6.75. The second-order valence-corrected chi connectivity index (χ2v) is 4.11. The summed E-state index contributed by atoms with van der Waals surface area (Å²) in [6.45, 7) is 4.86. The molecule has 5 heteroatoms. The van der Waals surface area contributed by atoms with E-state index in [0.717, 1.165) is 0 Å². The highest BCUT2D eigenvalue weighted by atomic mass is 19.1. The molecule has 0 aliphatic carbocycles. The van der Waals surface area contributed by atoms with Gasteiger partial charge in [0.15, 0.2) is 5.79 Å². The molecule has 1 aliphatic heterocycles. The summed E-state index contributed by atoms with van der Waals surface area (Å²) in [7, 11) is 0. The zero-order valence-electron chi connectivity index (χ0n) is 9.48. The van der Waals surface area contributed by atoms with Crippen LogP contribution in [0.3, 0.4) is 0 Å². The molecule has 0 aromatic rings. The zero-order valence-corrected chi connectivity index (χ0v) is 9.48. The van der Waals surface area contributed by atoms with E-state index in [1.165, 1.54) is 13.8 Å². The molecule has 0 radical (unpaired) electrons. The van der Waals surface area contributed by atoms with Gasteiger partial charge in [-0.25, -0.2) is 4.39 Å². The molecule has 0 bridgehead atoms. The molecule has 1 saturated heterocycles. The molecule has 0 saturated carbocycles. The Morgan fingerprint density at radius 1 is 1.47 bits per heavy atom. The molecule has 92 valence electrons. The first-order valence-corrected chi connectivity index (χ1v) is 5.14. The minimum absolute atomic E-state index is 0.432. The minimum atomic E-state index is -1.50. The number of halogens is 1. The molecular weight excluding hydrogens is 203 g/mol. The smallest absolute Gasteiger partial charge is 0.156 e. The lowest BCUT2D eigenvalue weighted by molar-refractivity contribution is -0.127. The molecular formula is C10H21FO4. The summed E-state index contributed by atoms with van der Waals surface area (Å²) in [5.41, 5.74) is 0. The predicted molar refractivity (Wildman–Crippen MR) is 54.1 cm³/mol. The largest absolute Gasteiger partial charge is 0.390 e. The molecule has 4 nitrogen and oxygen atoms in total. The monoisotopic (exact) mass is 224 g/mol. The number of aliphatic hydroxyl groups excluding tert-OH is 1. The fraction of sp³-hybridized carbons (Fsp3) is 1.00. The molecule has 3 atom stereocenters. The van der Waals surface area contributed by atoms with E-state index in [-0.39, 0.29) is 0 Å². The van der Waals surface area contributed by atoms with Crippen molar-refractivity contribution in [3.8, 4) is 0 Å². The molecule has 0 aromatic heterocycles. The Hall–Kier alpha value is -0.230. The number of hydrogen-bond acceptors (Lipinski definition) is 4. The number of alkyl halides is 1. The lowest BCUT2D eigenvalue weighted by atomic mass is 10.1. The van der Waals surface area contributed by atoms with Crippen LogP contribution >= 0.6 is 0 Å². The maximum absolute atomic E-state index is 12.7. The topological polar surface area (TPSA) is 69.9 Å². The van der Waals surface area contributed by atoms with Crippen molar-refractivity contribution in [2.75, 3.05) is 6.61 Å². The van der Waals surface area contributed by atoms with Gasteiger partial charge in [0, 0.05) is 6.42 Å². The van der Waals surface area contributed by atoms with Gasteiger partial charge < -0.3 is 20.1 Å². The van der Waals surface area contributed by atoms with E-state index in [1.54, 1.807) is 0 Å². The lowest BCUT2D eigenvalue weighted by Crippen LogP contribution is -2.31. The van der Waals surface area contributed by atoms with Crippen LogP contribution in [0.4, 0.5) is 4.39 Å². The summed E-state index contributed by atoms with van der Waals surface area (Å²) in [6, 6.07) is 0. The summed E-state index contributed by atoms with van der Waals surface area (Å²) >= 11 is 0. The summed E-state index contributed by atoms with van der Waals surface area (Å²) in [6.07, 6.45) is -1.16. The van der Waals surface area contributed by atoms with E-state index in [2.05, 4.69) is 0 Å². The van der Waals surface area contributed by atoms with E-state index in [4.69, 9.17) is 20.1 Å². The number of hydrogen-bond donors (Lipinski definition) is 3. The Labute approximate surface area is 89.7 Å². The maximum Gasteiger partial charge on any atom is 0.156 e. The van der Waals surface area contributed by atoms with Gasteiger partial charge in [0.2, 0.25) is 0 Å². The van der Waals surface area contributed by atoms with Crippen LogP contribution in [-0.2, 0) is 4.74 Å². The van der Waals surface area contributed by atoms with Crippen LogP contribution in [0.15, 0.2) is 0 Å². The van der Waals surface area contributed by atoms with Crippen LogP contribution in [0, 0.1) is 0 Å². The summed E-state index contributed by atoms with van der Waals surface area (Å²) in [5.74, 6) is -1.50.